The van der Waals surface area contributed by atoms with Crippen LogP contribution < -0.4 is 0 Å². The van der Waals surface area contributed by atoms with E-state index in [1.807, 2.05) is 0 Å². The molecule has 0 saturated carbocycles. The van der Waals surface area contributed by atoms with Crippen molar-refractivity contribution in [2.45, 2.75) is 30.6 Å². The minimum Gasteiger partial charge on any atom is -0.462 e. The molecular weight excluding hydrogens is 336 g/mol. The van der Waals surface area contributed by atoms with E-state index in [1.165, 1.54) is 42.7 Å². The molecule has 9 heteroatoms. The fraction of sp³-hybridized carbons (Fsp3) is 0.800. The third kappa shape index (κ3) is 5.35. The van der Waals surface area contributed by atoms with Gasteiger partial charge in [0.15, 0.2) is 0 Å². The monoisotopic (exact) mass is 366 g/mol. The highest BCUT2D eigenvalue weighted by Crippen LogP contribution is 2.32. The van der Waals surface area contributed by atoms with Crippen LogP contribution in [0.15, 0.2) is 12.2 Å². The maximum absolute atomic E-state index is 11.5. The molecule has 0 aliphatic carbocycles. The standard InChI is InChI=1S/C15H30O8Si/c1-12(2)13(16)23-10-9-11-24(14(17-3,18-4)19-5)15(20-6,21-7)22-8/h24H,1,9-11H2,2-8H3. The molecule has 0 atom stereocenters. The van der Waals surface area contributed by atoms with Crippen LogP contribution in [0.1, 0.15) is 13.3 Å². The van der Waals surface area contributed by atoms with Gasteiger partial charge >= 0.3 is 5.97 Å². The first-order valence-electron chi connectivity index (χ1n) is 7.46. The fourth-order valence-corrected chi connectivity index (χ4v) is 5.92. The predicted octanol–water partition coefficient (Wildman–Crippen LogP) is 0.987. The van der Waals surface area contributed by atoms with E-state index >= 15 is 0 Å². The Hall–Kier alpha value is -0.813. The van der Waals surface area contributed by atoms with Gasteiger partial charge < -0.3 is 33.2 Å². The summed E-state index contributed by atoms with van der Waals surface area (Å²) in [6.07, 6.45) is 0.533. The molecule has 0 radical (unpaired) electrons. The molecule has 0 amide bonds. The van der Waals surface area contributed by atoms with Gasteiger partial charge in [0.25, 0.3) is 20.0 Å². The van der Waals surface area contributed by atoms with Gasteiger partial charge in [-0.3, -0.25) is 0 Å². The molecular formula is C15H30O8Si. The molecule has 0 N–H and O–H groups in total. The summed E-state index contributed by atoms with van der Waals surface area (Å²) in [6, 6.07) is 0.536. The number of carbonyl (C=O) groups is 1. The zero-order valence-corrected chi connectivity index (χ0v) is 16.8. The lowest BCUT2D eigenvalue weighted by Gasteiger charge is -2.43. The second kappa shape index (κ2) is 10.9. The van der Waals surface area contributed by atoms with Crippen LogP contribution in [-0.2, 0) is 38.0 Å². The number of ether oxygens (including phenoxy) is 7. The first-order valence-corrected chi connectivity index (χ1v) is 9.43. The molecule has 0 aromatic carbocycles. The maximum Gasteiger partial charge on any atom is 0.333 e. The minimum absolute atomic E-state index is 0.218. The summed E-state index contributed by atoms with van der Waals surface area (Å²) >= 11 is 0. The summed E-state index contributed by atoms with van der Waals surface area (Å²) in [5.74, 6) is -0.429. The van der Waals surface area contributed by atoms with Gasteiger partial charge in [-0.15, -0.1) is 0 Å². The number of hydrogen-bond acceptors (Lipinski definition) is 8. The Bertz CT molecular complexity index is 356. The second-order valence-corrected chi connectivity index (χ2v) is 8.14. The normalized spacial score (nSPS) is 12.5. The number of hydrogen-bond donors (Lipinski definition) is 0. The zero-order chi connectivity index (χ0) is 18.8. The summed E-state index contributed by atoms with van der Waals surface area (Å²) < 4.78 is 38.0. The van der Waals surface area contributed by atoms with Gasteiger partial charge in [0, 0.05) is 48.2 Å². The van der Waals surface area contributed by atoms with Crippen LogP contribution in [0.25, 0.3) is 0 Å². The lowest BCUT2D eigenvalue weighted by atomic mass is 10.4. The third-order valence-electron chi connectivity index (χ3n) is 3.78. The van der Waals surface area contributed by atoms with E-state index in [2.05, 4.69) is 6.58 Å². The molecule has 0 fully saturated rings. The van der Waals surface area contributed by atoms with Crippen LogP contribution in [0.4, 0.5) is 0 Å². The largest absolute Gasteiger partial charge is 0.462 e. The molecule has 0 heterocycles. The van der Waals surface area contributed by atoms with Crippen LogP contribution in [0.2, 0.25) is 6.04 Å². The van der Waals surface area contributed by atoms with E-state index in [0.717, 1.165) is 0 Å². The second-order valence-electron chi connectivity index (χ2n) is 5.04. The average molecular weight is 366 g/mol. The van der Waals surface area contributed by atoms with Gasteiger partial charge in [-0.25, -0.2) is 4.79 Å². The summed E-state index contributed by atoms with van der Waals surface area (Å²) in [5, 5.41) is 0. The highest BCUT2D eigenvalue weighted by Gasteiger charge is 2.57. The first kappa shape index (κ1) is 23.2. The molecule has 8 nitrogen and oxygen atoms in total. The van der Waals surface area contributed by atoms with E-state index in [4.69, 9.17) is 33.2 Å². The molecule has 0 unspecified atom stereocenters. The average Bonchev–Trinajstić information content (AvgIpc) is 2.61. The Balaban J connectivity index is 5.27. The van der Waals surface area contributed by atoms with Crippen LogP contribution >= 0.6 is 0 Å². The third-order valence-corrected chi connectivity index (χ3v) is 7.89. The molecule has 0 bridgehead atoms. The van der Waals surface area contributed by atoms with Gasteiger partial charge in [0.1, 0.15) is 0 Å². The smallest absolute Gasteiger partial charge is 0.333 e. The Kier molecular flexibility index (Phi) is 10.6. The Morgan fingerprint density at radius 1 is 0.875 bits per heavy atom. The summed E-state index contributed by atoms with van der Waals surface area (Å²) in [5.41, 5.74) is -2.32. The van der Waals surface area contributed by atoms with Crippen molar-refractivity contribution < 1.29 is 38.0 Å². The van der Waals surface area contributed by atoms with Crippen molar-refractivity contribution in [3.63, 3.8) is 0 Å². The number of esters is 1. The first-order chi connectivity index (χ1) is 11.3. The van der Waals surface area contributed by atoms with E-state index in [9.17, 15) is 4.79 Å². The van der Waals surface area contributed by atoms with Gasteiger partial charge in [-0.1, -0.05) is 6.58 Å². The number of carbonyl (C=O) groups excluding carboxylic acids is 1. The highest BCUT2D eigenvalue weighted by atomic mass is 28.3. The molecule has 0 aromatic rings. The molecule has 0 spiro atoms. The number of rotatable bonds is 13. The summed E-state index contributed by atoms with van der Waals surface area (Å²) in [4.78, 5) is 11.5. The lowest BCUT2D eigenvalue weighted by molar-refractivity contribution is -0.339. The molecule has 0 aliphatic rings. The van der Waals surface area contributed by atoms with Crippen molar-refractivity contribution in [3.05, 3.63) is 12.2 Å². The minimum atomic E-state index is -2.37. The van der Waals surface area contributed by atoms with Crippen molar-refractivity contribution in [2.24, 2.45) is 0 Å². The Morgan fingerprint density at radius 2 is 1.25 bits per heavy atom. The molecule has 0 aromatic heterocycles. The topological polar surface area (TPSA) is 81.7 Å². The quantitative estimate of drug-likeness (QED) is 0.157. The SMILES string of the molecule is C=C(C)C(=O)OCCC[SiH](C(OC)(OC)OC)C(OC)(OC)OC. The van der Waals surface area contributed by atoms with Gasteiger partial charge in [-0.2, -0.15) is 0 Å². The Labute approximate surface area is 145 Å². The molecule has 0 saturated heterocycles. The van der Waals surface area contributed by atoms with Crippen molar-refractivity contribution in [1.82, 2.24) is 0 Å². The zero-order valence-electron chi connectivity index (χ0n) is 15.7. The maximum atomic E-state index is 11.5. The van der Waals surface area contributed by atoms with E-state index in [0.29, 0.717) is 18.0 Å². The van der Waals surface area contributed by atoms with E-state index in [-0.39, 0.29) is 6.61 Å². The predicted molar refractivity (Wildman–Crippen MR) is 89.9 cm³/mol. The van der Waals surface area contributed by atoms with Crippen LogP contribution in [0, 0.1) is 0 Å². The van der Waals surface area contributed by atoms with E-state index < -0.39 is 26.0 Å². The van der Waals surface area contributed by atoms with Crippen LogP contribution in [0.5, 0.6) is 0 Å². The van der Waals surface area contributed by atoms with Crippen LogP contribution in [-0.4, -0.2) is 75.2 Å². The van der Waals surface area contributed by atoms with Crippen molar-refractivity contribution >= 4 is 14.8 Å². The van der Waals surface area contributed by atoms with Crippen molar-refractivity contribution in [1.29, 1.82) is 0 Å². The van der Waals surface area contributed by atoms with Gasteiger partial charge in [-0.05, 0) is 19.4 Å². The highest BCUT2D eigenvalue weighted by molar-refractivity contribution is 6.63. The lowest BCUT2D eigenvalue weighted by Crippen LogP contribution is -2.65. The molecule has 0 rings (SSSR count). The van der Waals surface area contributed by atoms with Crippen molar-refractivity contribution in [2.75, 3.05) is 49.3 Å². The molecule has 0 aliphatic heterocycles. The van der Waals surface area contributed by atoms with Crippen molar-refractivity contribution in [3.8, 4) is 0 Å². The fourth-order valence-electron chi connectivity index (χ4n) is 2.50. The summed E-state index contributed by atoms with van der Waals surface area (Å²) in [7, 11) is 6.46. The summed E-state index contributed by atoms with van der Waals surface area (Å²) in [6.45, 7) is 5.35. The number of methoxy groups -OCH3 is 6. The Morgan fingerprint density at radius 3 is 1.54 bits per heavy atom. The van der Waals surface area contributed by atoms with E-state index in [1.54, 1.807) is 6.92 Å². The van der Waals surface area contributed by atoms with Gasteiger partial charge in [0.05, 0.1) is 6.61 Å². The molecule has 142 valence electrons. The van der Waals surface area contributed by atoms with Crippen LogP contribution in [0.3, 0.4) is 0 Å². The molecule has 24 heavy (non-hydrogen) atoms. The van der Waals surface area contributed by atoms with Gasteiger partial charge in [0.2, 0.25) is 0 Å².